The molecule has 0 unspecified atom stereocenters. The summed E-state index contributed by atoms with van der Waals surface area (Å²) in [6.45, 7) is 0.336. The summed E-state index contributed by atoms with van der Waals surface area (Å²) in [6, 6.07) is 3.74. The van der Waals surface area contributed by atoms with Crippen LogP contribution < -0.4 is 0 Å². The van der Waals surface area contributed by atoms with Crippen LogP contribution in [0.25, 0.3) is 0 Å². The maximum atomic E-state index is 11.8. The summed E-state index contributed by atoms with van der Waals surface area (Å²) < 4.78 is 5.10. The molecular weight excluding hydrogens is 270 g/mol. The van der Waals surface area contributed by atoms with Crippen molar-refractivity contribution in [2.75, 3.05) is 6.61 Å². The van der Waals surface area contributed by atoms with Crippen molar-refractivity contribution in [3.63, 3.8) is 0 Å². The highest BCUT2D eigenvalue weighted by atomic mass is 35.5. The largest absolute Gasteiger partial charge is 0.462 e. The van der Waals surface area contributed by atoms with Crippen molar-refractivity contribution < 1.29 is 14.5 Å². The lowest BCUT2D eigenvalue weighted by atomic mass is 9.83. The van der Waals surface area contributed by atoms with E-state index in [1.807, 2.05) is 0 Å². The average molecular weight is 284 g/mol. The minimum absolute atomic E-state index is 0.0458. The summed E-state index contributed by atoms with van der Waals surface area (Å²) in [5.41, 5.74) is -0.125. The number of hydrogen-bond donors (Lipinski definition) is 0. The summed E-state index contributed by atoms with van der Waals surface area (Å²) in [6.07, 6.45) is 4.47. The van der Waals surface area contributed by atoms with Gasteiger partial charge in [-0.15, -0.1) is 0 Å². The predicted molar refractivity (Wildman–Crippen MR) is 70.3 cm³/mol. The van der Waals surface area contributed by atoms with E-state index in [2.05, 4.69) is 0 Å². The van der Waals surface area contributed by atoms with Gasteiger partial charge in [-0.2, -0.15) is 0 Å². The molecule has 1 saturated carbocycles. The van der Waals surface area contributed by atoms with Crippen LogP contribution in [0.4, 0.5) is 5.69 Å². The van der Waals surface area contributed by atoms with Gasteiger partial charge in [-0.3, -0.25) is 10.1 Å². The molecule has 0 atom stereocenters. The molecule has 1 aliphatic carbocycles. The van der Waals surface area contributed by atoms with Crippen LogP contribution in [0, 0.1) is 16.0 Å². The Hall–Kier alpha value is -1.62. The molecule has 6 heteroatoms. The lowest BCUT2D eigenvalue weighted by Gasteiger charge is -2.24. The first kappa shape index (κ1) is 13.8. The number of halogens is 1. The first-order valence-corrected chi connectivity index (χ1v) is 6.57. The van der Waals surface area contributed by atoms with Gasteiger partial charge in [0.15, 0.2) is 0 Å². The number of carbonyl (C=O) groups is 1. The zero-order valence-corrected chi connectivity index (χ0v) is 11.1. The van der Waals surface area contributed by atoms with E-state index in [4.69, 9.17) is 16.3 Å². The van der Waals surface area contributed by atoms with E-state index in [1.165, 1.54) is 31.4 Å². The van der Waals surface area contributed by atoms with Gasteiger partial charge in [0.05, 0.1) is 22.1 Å². The molecule has 2 rings (SSSR count). The molecule has 5 nitrogen and oxygen atoms in total. The van der Waals surface area contributed by atoms with E-state index in [0.717, 1.165) is 12.5 Å². The van der Waals surface area contributed by atoms with Gasteiger partial charge in [0.1, 0.15) is 0 Å². The highest BCUT2D eigenvalue weighted by molar-refractivity contribution is 6.33. The summed E-state index contributed by atoms with van der Waals surface area (Å²) in [5, 5.41) is 10.8. The topological polar surface area (TPSA) is 69.4 Å². The molecular formula is C13H14ClNO4. The Bertz CT molecular complexity index is 499. The third-order valence-corrected chi connectivity index (χ3v) is 3.69. The number of nitro groups is 1. The summed E-state index contributed by atoms with van der Waals surface area (Å²) in [5.74, 6) is 0.0430. The second kappa shape index (κ2) is 6.02. The van der Waals surface area contributed by atoms with E-state index in [-0.39, 0.29) is 16.3 Å². The number of rotatable bonds is 5. The third kappa shape index (κ3) is 3.44. The highest BCUT2D eigenvalue weighted by Gasteiger charge is 2.20. The number of carbonyl (C=O) groups excluding carboxylic acids is 1. The van der Waals surface area contributed by atoms with Gasteiger partial charge in [-0.25, -0.2) is 4.79 Å². The molecule has 0 N–H and O–H groups in total. The van der Waals surface area contributed by atoms with Crippen LogP contribution in [0.1, 0.15) is 36.0 Å². The molecule has 19 heavy (non-hydrogen) atoms. The SMILES string of the molecule is O=C(OCCC1CCC1)c1cc([N+](=O)[O-])ccc1Cl. The number of ether oxygens (including phenoxy) is 1. The molecule has 1 aliphatic rings. The van der Waals surface area contributed by atoms with Gasteiger partial charge in [0.25, 0.3) is 5.69 Å². The molecule has 0 spiro atoms. The van der Waals surface area contributed by atoms with Crippen LogP contribution >= 0.6 is 11.6 Å². The van der Waals surface area contributed by atoms with E-state index >= 15 is 0 Å². The van der Waals surface area contributed by atoms with Crippen molar-refractivity contribution in [2.24, 2.45) is 5.92 Å². The zero-order chi connectivity index (χ0) is 13.8. The van der Waals surface area contributed by atoms with Gasteiger partial charge < -0.3 is 4.74 Å². The monoisotopic (exact) mass is 283 g/mol. The fourth-order valence-corrected chi connectivity index (χ4v) is 2.16. The van der Waals surface area contributed by atoms with Crippen LogP contribution in [0.2, 0.25) is 5.02 Å². The van der Waals surface area contributed by atoms with E-state index in [0.29, 0.717) is 12.5 Å². The quantitative estimate of drug-likeness (QED) is 0.470. The van der Waals surface area contributed by atoms with Crippen LogP contribution in [-0.4, -0.2) is 17.5 Å². The summed E-state index contributed by atoms with van der Waals surface area (Å²) in [4.78, 5) is 21.9. The van der Waals surface area contributed by atoms with E-state index in [1.54, 1.807) is 0 Å². The van der Waals surface area contributed by atoms with Crippen LogP contribution in [-0.2, 0) is 4.74 Å². The molecule has 0 radical (unpaired) electrons. The first-order valence-electron chi connectivity index (χ1n) is 6.19. The Morgan fingerprint density at radius 1 is 1.47 bits per heavy atom. The molecule has 0 heterocycles. The summed E-state index contributed by atoms with van der Waals surface area (Å²) in [7, 11) is 0. The number of nitro benzene ring substituents is 1. The van der Waals surface area contributed by atoms with Crippen molar-refractivity contribution in [1.82, 2.24) is 0 Å². The molecule has 0 bridgehead atoms. The first-order chi connectivity index (χ1) is 9.08. The Kier molecular flexibility index (Phi) is 4.37. The lowest BCUT2D eigenvalue weighted by molar-refractivity contribution is -0.384. The van der Waals surface area contributed by atoms with Gasteiger partial charge in [-0.1, -0.05) is 30.9 Å². The number of nitrogens with zero attached hydrogens (tertiary/aromatic N) is 1. The maximum Gasteiger partial charge on any atom is 0.339 e. The molecule has 1 fully saturated rings. The standard InChI is InChI=1S/C13H14ClNO4/c14-12-5-4-10(15(17)18)8-11(12)13(16)19-7-6-9-2-1-3-9/h4-5,8-9H,1-3,6-7H2. The van der Waals surface area contributed by atoms with E-state index in [9.17, 15) is 14.9 Å². The molecule has 0 aromatic heterocycles. The Morgan fingerprint density at radius 3 is 2.79 bits per heavy atom. The average Bonchev–Trinajstić information content (AvgIpc) is 2.32. The van der Waals surface area contributed by atoms with Crippen LogP contribution in [0.5, 0.6) is 0 Å². The zero-order valence-electron chi connectivity index (χ0n) is 10.3. The van der Waals surface area contributed by atoms with Crippen molar-refractivity contribution in [3.8, 4) is 0 Å². The fraction of sp³-hybridized carbons (Fsp3) is 0.462. The molecule has 1 aromatic rings. The number of non-ortho nitro benzene ring substituents is 1. The summed E-state index contributed by atoms with van der Waals surface area (Å²) >= 11 is 5.85. The van der Waals surface area contributed by atoms with Gasteiger partial charge in [0, 0.05) is 12.1 Å². The molecule has 102 valence electrons. The van der Waals surface area contributed by atoms with Crippen LogP contribution in [0.15, 0.2) is 18.2 Å². The normalized spacial score (nSPS) is 14.8. The molecule has 0 aliphatic heterocycles. The minimum atomic E-state index is -0.604. The smallest absolute Gasteiger partial charge is 0.339 e. The van der Waals surface area contributed by atoms with E-state index < -0.39 is 10.9 Å². The molecule has 1 aromatic carbocycles. The van der Waals surface area contributed by atoms with Gasteiger partial charge in [-0.05, 0) is 18.4 Å². The number of esters is 1. The number of benzene rings is 1. The number of hydrogen-bond acceptors (Lipinski definition) is 4. The van der Waals surface area contributed by atoms with Crippen molar-refractivity contribution in [1.29, 1.82) is 0 Å². The van der Waals surface area contributed by atoms with Gasteiger partial charge >= 0.3 is 5.97 Å². The molecule has 0 saturated heterocycles. The predicted octanol–water partition coefficient (Wildman–Crippen LogP) is 3.60. The maximum absolute atomic E-state index is 11.8. The fourth-order valence-electron chi connectivity index (χ4n) is 1.96. The second-order valence-electron chi connectivity index (χ2n) is 4.64. The third-order valence-electron chi connectivity index (χ3n) is 3.36. The highest BCUT2D eigenvalue weighted by Crippen LogP contribution is 2.29. The Labute approximate surface area is 115 Å². The van der Waals surface area contributed by atoms with Gasteiger partial charge in [0.2, 0.25) is 0 Å². The Morgan fingerprint density at radius 2 is 2.21 bits per heavy atom. The lowest BCUT2D eigenvalue weighted by Crippen LogP contribution is -2.15. The van der Waals surface area contributed by atoms with Crippen molar-refractivity contribution in [2.45, 2.75) is 25.7 Å². The van der Waals surface area contributed by atoms with Crippen LogP contribution in [0.3, 0.4) is 0 Å². The Balaban J connectivity index is 1.96. The second-order valence-corrected chi connectivity index (χ2v) is 5.05. The minimum Gasteiger partial charge on any atom is -0.462 e. The van der Waals surface area contributed by atoms with Crippen molar-refractivity contribution >= 4 is 23.3 Å². The molecule has 0 amide bonds. The van der Waals surface area contributed by atoms with Crippen molar-refractivity contribution in [3.05, 3.63) is 38.9 Å².